The molecule has 0 saturated carbocycles. The monoisotopic (exact) mass is 449 g/mol. The smallest absolute Gasteiger partial charge is 0.346 e. The van der Waals surface area contributed by atoms with Gasteiger partial charge in [-0.3, -0.25) is 20.2 Å². The Kier molecular flexibility index (Phi) is 6.34. The molecule has 0 aliphatic rings. The first-order valence-electron chi connectivity index (χ1n) is 8.49. The van der Waals surface area contributed by atoms with Crippen molar-refractivity contribution in [3.05, 3.63) is 73.8 Å². The van der Waals surface area contributed by atoms with Gasteiger partial charge in [-0.15, -0.1) is 0 Å². The van der Waals surface area contributed by atoms with Crippen LogP contribution in [0.5, 0.6) is 0 Å². The van der Waals surface area contributed by atoms with Crippen LogP contribution in [0.4, 0.5) is 11.6 Å². The molecule has 30 heavy (non-hydrogen) atoms. The lowest BCUT2D eigenvalue weighted by molar-refractivity contribution is -0.385. The molecule has 0 aliphatic heterocycles. The maximum absolute atomic E-state index is 12.7. The minimum absolute atomic E-state index is 0.0696. The van der Waals surface area contributed by atoms with Gasteiger partial charge >= 0.3 is 5.97 Å². The molecule has 0 atom stereocenters. The van der Waals surface area contributed by atoms with Gasteiger partial charge in [-0.1, -0.05) is 40.5 Å². The molecule has 0 aliphatic carbocycles. The SMILES string of the molecule is CCOC(=O)c1c(-c2ccc(Cl)cc2)noc1NC(=O)c1ccc(Cl)cc1[N+](=O)[O-]. The van der Waals surface area contributed by atoms with E-state index in [1.165, 1.54) is 12.1 Å². The van der Waals surface area contributed by atoms with Crippen molar-refractivity contribution in [3.8, 4) is 11.3 Å². The molecule has 2 aromatic carbocycles. The van der Waals surface area contributed by atoms with Crippen LogP contribution in [0.25, 0.3) is 11.3 Å². The van der Waals surface area contributed by atoms with Gasteiger partial charge in [0.05, 0.1) is 11.5 Å². The molecule has 0 bridgehead atoms. The zero-order valence-corrected chi connectivity index (χ0v) is 16.9. The number of nitrogens with one attached hydrogen (secondary N) is 1. The second-order valence-corrected chi connectivity index (χ2v) is 6.71. The number of ether oxygens (including phenoxy) is 1. The number of carbonyl (C=O) groups is 2. The highest BCUT2D eigenvalue weighted by molar-refractivity contribution is 6.31. The molecule has 1 N–H and O–H groups in total. The summed E-state index contributed by atoms with van der Waals surface area (Å²) < 4.78 is 10.2. The molecule has 11 heteroatoms. The molecule has 0 unspecified atom stereocenters. The van der Waals surface area contributed by atoms with Gasteiger partial charge in [0.2, 0.25) is 5.88 Å². The van der Waals surface area contributed by atoms with Gasteiger partial charge in [0.15, 0.2) is 5.56 Å². The normalized spacial score (nSPS) is 10.5. The fourth-order valence-electron chi connectivity index (χ4n) is 2.59. The van der Waals surface area contributed by atoms with Crippen LogP contribution in [-0.2, 0) is 4.74 Å². The van der Waals surface area contributed by atoms with Crippen LogP contribution in [0.3, 0.4) is 0 Å². The molecule has 3 aromatic rings. The number of halogens is 2. The van der Waals surface area contributed by atoms with E-state index in [-0.39, 0.29) is 34.3 Å². The standard InChI is InChI=1S/C19H13Cl2N3O6/c1-2-29-19(26)15-16(10-3-5-11(20)6-4-10)23-30-18(15)22-17(25)13-8-7-12(21)9-14(13)24(27)28/h3-9H,2H2,1H3,(H,22,25). The van der Waals surface area contributed by atoms with Crippen LogP contribution in [0.15, 0.2) is 47.0 Å². The summed E-state index contributed by atoms with van der Waals surface area (Å²) >= 11 is 11.7. The predicted octanol–water partition coefficient (Wildman–Crippen LogP) is 4.99. The third kappa shape index (κ3) is 4.42. The van der Waals surface area contributed by atoms with Gasteiger partial charge in [-0.05, 0) is 31.2 Å². The van der Waals surface area contributed by atoms with E-state index in [2.05, 4.69) is 10.5 Å². The van der Waals surface area contributed by atoms with Crippen molar-refractivity contribution in [2.24, 2.45) is 0 Å². The van der Waals surface area contributed by atoms with Crippen LogP contribution in [0, 0.1) is 10.1 Å². The van der Waals surface area contributed by atoms with Gasteiger partial charge in [0, 0.05) is 21.7 Å². The highest BCUT2D eigenvalue weighted by Gasteiger charge is 2.29. The fraction of sp³-hybridized carbons (Fsp3) is 0.105. The molecular formula is C19H13Cl2N3O6. The summed E-state index contributed by atoms with van der Waals surface area (Å²) in [5.74, 6) is -1.99. The summed E-state index contributed by atoms with van der Waals surface area (Å²) in [6.07, 6.45) is 0. The number of aromatic nitrogens is 1. The Morgan fingerprint density at radius 1 is 1.17 bits per heavy atom. The van der Waals surface area contributed by atoms with Gasteiger partial charge in [0.25, 0.3) is 11.6 Å². The number of rotatable bonds is 6. The lowest BCUT2D eigenvalue weighted by atomic mass is 10.1. The third-order valence-electron chi connectivity index (χ3n) is 3.92. The number of nitrogens with zero attached hydrogens (tertiary/aromatic N) is 2. The number of benzene rings is 2. The Hall–Kier alpha value is -3.43. The van der Waals surface area contributed by atoms with E-state index in [0.29, 0.717) is 10.6 Å². The van der Waals surface area contributed by atoms with Crippen molar-refractivity contribution in [3.63, 3.8) is 0 Å². The molecule has 9 nitrogen and oxygen atoms in total. The van der Waals surface area contributed by atoms with Crippen LogP contribution >= 0.6 is 23.2 Å². The van der Waals surface area contributed by atoms with Crippen molar-refractivity contribution < 1.29 is 23.8 Å². The molecule has 3 rings (SSSR count). The lowest BCUT2D eigenvalue weighted by Crippen LogP contribution is -2.16. The van der Waals surface area contributed by atoms with Gasteiger partial charge in [-0.25, -0.2) is 4.79 Å². The first-order chi connectivity index (χ1) is 14.3. The number of amides is 1. The molecule has 1 amide bonds. The van der Waals surface area contributed by atoms with Crippen molar-refractivity contribution in [2.75, 3.05) is 11.9 Å². The topological polar surface area (TPSA) is 125 Å². The number of nitro groups is 1. The largest absolute Gasteiger partial charge is 0.462 e. The Balaban J connectivity index is 2.02. The molecule has 154 valence electrons. The maximum atomic E-state index is 12.7. The van der Waals surface area contributed by atoms with E-state index in [0.717, 1.165) is 6.07 Å². The van der Waals surface area contributed by atoms with E-state index in [1.807, 2.05) is 0 Å². The maximum Gasteiger partial charge on any atom is 0.346 e. The highest BCUT2D eigenvalue weighted by Crippen LogP contribution is 2.31. The zero-order valence-electron chi connectivity index (χ0n) is 15.3. The summed E-state index contributed by atoms with van der Waals surface area (Å²) in [4.78, 5) is 35.7. The number of hydrogen-bond donors (Lipinski definition) is 1. The highest BCUT2D eigenvalue weighted by atomic mass is 35.5. The second kappa shape index (κ2) is 8.93. The number of anilines is 1. The predicted molar refractivity (Wildman–Crippen MR) is 109 cm³/mol. The summed E-state index contributed by atoms with van der Waals surface area (Å²) in [6.45, 7) is 1.68. The molecule has 1 aromatic heterocycles. The molecular weight excluding hydrogens is 437 g/mol. The molecule has 0 saturated heterocycles. The van der Waals surface area contributed by atoms with Crippen molar-refractivity contribution in [1.29, 1.82) is 0 Å². The number of hydrogen-bond acceptors (Lipinski definition) is 7. The lowest BCUT2D eigenvalue weighted by Gasteiger charge is -2.06. The number of nitro benzene ring substituents is 1. The Morgan fingerprint density at radius 2 is 1.83 bits per heavy atom. The first kappa shape index (κ1) is 21.3. The minimum atomic E-state index is -0.886. The molecule has 1 heterocycles. The van der Waals surface area contributed by atoms with Crippen LogP contribution in [0.2, 0.25) is 10.0 Å². The van der Waals surface area contributed by atoms with Gasteiger partial charge in [0.1, 0.15) is 11.3 Å². The Bertz CT molecular complexity index is 1130. The van der Waals surface area contributed by atoms with E-state index < -0.39 is 22.5 Å². The van der Waals surface area contributed by atoms with Gasteiger partial charge < -0.3 is 9.26 Å². The third-order valence-corrected chi connectivity index (χ3v) is 4.40. The minimum Gasteiger partial charge on any atom is -0.462 e. The van der Waals surface area contributed by atoms with Crippen LogP contribution in [0.1, 0.15) is 27.6 Å². The van der Waals surface area contributed by atoms with Crippen LogP contribution in [-0.4, -0.2) is 28.6 Å². The Morgan fingerprint density at radius 3 is 2.47 bits per heavy atom. The number of carbonyl (C=O) groups excluding carboxylic acids is 2. The van der Waals surface area contributed by atoms with E-state index in [4.69, 9.17) is 32.5 Å². The van der Waals surface area contributed by atoms with Crippen molar-refractivity contribution in [1.82, 2.24) is 5.16 Å². The molecule has 0 radical (unpaired) electrons. The van der Waals surface area contributed by atoms with Crippen molar-refractivity contribution in [2.45, 2.75) is 6.92 Å². The first-order valence-corrected chi connectivity index (χ1v) is 9.25. The summed E-state index contributed by atoms with van der Waals surface area (Å²) in [5.41, 5.74) is -0.307. The van der Waals surface area contributed by atoms with E-state index >= 15 is 0 Å². The van der Waals surface area contributed by atoms with Gasteiger partial charge in [-0.2, -0.15) is 0 Å². The fourth-order valence-corrected chi connectivity index (χ4v) is 2.88. The average molecular weight is 450 g/mol. The summed E-state index contributed by atoms with van der Waals surface area (Å²) in [5, 5.41) is 18.0. The van der Waals surface area contributed by atoms with E-state index in [1.54, 1.807) is 31.2 Å². The average Bonchev–Trinajstić information content (AvgIpc) is 3.12. The number of esters is 1. The zero-order chi connectivity index (χ0) is 21.8. The summed E-state index contributed by atoms with van der Waals surface area (Å²) in [6, 6.07) is 9.97. The van der Waals surface area contributed by atoms with Crippen molar-refractivity contribution >= 4 is 46.6 Å². The summed E-state index contributed by atoms with van der Waals surface area (Å²) in [7, 11) is 0. The Labute approximate surface area is 179 Å². The molecule has 0 spiro atoms. The second-order valence-electron chi connectivity index (χ2n) is 5.84. The quantitative estimate of drug-likeness (QED) is 0.319. The molecule has 0 fully saturated rings. The van der Waals surface area contributed by atoms with Crippen LogP contribution < -0.4 is 5.32 Å². The van der Waals surface area contributed by atoms with E-state index in [9.17, 15) is 19.7 Å².